The van der Waals surface area contributed by atoms with Crippen molar-refractivity contribution >= 4 is 17.3 Å². The first-order chi connectivity index (χ1) is 7.16. The molecule has 1 heterocycles. The van der Waals surface area contributed by atoms with E-state index in [1.807, 2.05) is 31.3 Å². The largest absolute Gasteiger partial charge is 0.399 e. The maximum Gasteiger partial charge on any atom is 0.244 e. The number of anilines is 2. The second kappa shape index (κ2) is 3.81. The molecule has 1 aromatic carbocycles. The summed E-state index contributed by atoms with van der Waals surface area (Å²) >= 11 is 0. The van der Waals surface area contributed by atoms with Crippen LogP contribution in [0.4, 0.5) is 11.4 Å². The summed E-state index contributed by atoms with van der Waals surface area (Å²) in [4.78, 5) is 13.4. The number of nitrogens with two attached hydrogens (primary N) is 1. The average Bonchev–Trinajstić information content (AvgIpc) is 2.53. The number of hydrogen-bond donors (Lipinski definition) is 2. The fraction of sp³-hybridized carbons (Fsp3) is 0.364. The van der Waals surface area contributed by atoms with Gasteiger partial charge in [-0.1, -0.05) is 0 Å². The van der Waals surface area contributed by atoms with Gasteiger partial charge in [0.2, 0.25) is 5.91 Å². The van der Waals surface area contributed by atoms with E-state index in [2.05, 4.69) is 5.32 Å². The van der Waals surface area contributed by atoms with Gasteiger partial charge in [-0.25, -0.2) is 0 Å². The molecule has 1 fully saturated rings. The van der Waals surface area contributed by atoms with Crippen LogP contribution in [0, 0.1) is 0 Å². The lowest BCUT2D eigenvalue weighted by Crippen LogP contribution is -2.30. The van der Waals surface area contributed by atoms with Crippen molar-refractivity contribution < 1.29 is 4.79 Å². The first-order valence-electron chi connectivity index (χ1n) is 5.04. The zero-order chi connectivity index (χ0) is 10.8. The summed E-state index contributed by atoms with van der Waals surface area (Å²) in [6.45, 7) is 0.825. The lowest BCUT2D eigenvalue weighted by molar-refractivity contribution is -0.127. The van der Waals surface area contributed by atoms with Gasteiger partial charge >= 0.3 is 0 Å². The van der Waals surface area contributed by atoms with Gasteiger partial charge < -0.3 is 16.0 Å². The molecule has 4 nitrogen and oxygen atoms in total. The van der Waals surface area contributed by atoms with Crippen LogP contribution in [0.3, 0.4) is 0 Å². The third kappa shape index (κ3) is 2.03. The number of benzene rings is 1. The van der Waals surface area contributed by atoms with Crippen molar-refractivity contribution in [2.45, 2.75) is 12.5 Å². The summed E-state index contributed by atoms with van der Waals surface area (Å²) in [5.41, 5.74) is 7.26. The maximum atomic E-state index is 11.6. The van der Waals surface area contributed by atoms with Crippen molar-refractivity contribution in [3.63, 3.8) is 0 Å². The summed E-state index contributed by atoms with van der Waals surface area (Å²) in [7, 11) is 1.83. The second-order valence-electron chi connectivity index (χ2n) is 3.87. The Hall–Kier alpha value is -1.71. The summed E-state index contributed by atoms with van der Waals surface area (Å²) < 4.78 is 0. The Labute approximate surface area is 89.1 Å². The lowest BCUT2D eigenvalue weighted by Gasteiger charge is -2.13. The minimum Gasteiger partial charge on any atom is -0.399 e. The van der Waals surface area contributed by atoms with E-state index in [0.717, 1.165) is 24.3 Å². The molecule has 1 aliphatic heterocycles. The van der Waals surface area contributed by atoms with E-state index < -0.39 is 0 Å². The number of nitrogens with one attached hydrogen (secondary N) is 1. The molecule has 1 aliphatic rings. The standard InChI is InChI=1S/C11H15N3O/c1-14-7-6-10(11(14)15)13-9-4-2-8(12)3-5-9/h2-5,10,13H,6-7,12H2,1H3. The Morgan fingerprint density at radius 3 is 2.60 bits per heavy atom. The normalized spacial score (nSPS) is 20.7. The van der Waals surface area contributed by atoms with E-state index in [9.17, 15) is 4.79 Å². The molecule has 1 saturated heterocycles. The number of nitrogens with zero attached hydrogens (tertiary/aromatic N) is 1. The van der Waals surface area contributed by atoms with Gasteiger partial charge in [0, 0.05) is 25.0 Å². The zero-order valence-corrected chi connectivity index (χ0v) is 8.73. The molecule has 1 unspecified atom stereocenters. The van der Waals surface area contributed by atoms with E-state index in [1.54, 1.807) is 4.90 Å². The molecule has 2 rings (SSSR count). The highest BCUT2D eigenvalue weighted by Crippen LogP contribution is 2.17. The summed E-state index contributed by atoms with van der Waals surface area (Å²) in [5, 5.41) is 3.20. The second-order valence-corrected chi connectivity index (χ2v) is 3.87. The molecule has 0 aromatic heterocycles. The zero-order valence-electron chi connectivity index (χ0n) is 8.73. The molecular formula is C11H15N3O. The van der Waals surface area contributed by atoms with Crippen molar-refractivity contribution in [1.82, 2.24) is 4.90 Å². The predicted molar refractivity (Wildman–Crippen MR) is 60.5 cm³/mol. The lowest BCUT2D eigenvalue weighted by atomic mass is 10.2. The number of likely N-dealkylation sites (N-methyl/N-ethyl adjacent to an activating group) is 1. The number of likely N-dealkylation sites (tertiary alicyclic amines) is 1. The molecule has 4 heteroatoms. The van der Waals surface area contributed by atoms with E-state index in [1.165, 1.54) is 0 Å². The number of rotatable bonds is 2. The summed E-state index contributed by atoms with van der Waals surface area (Å²) in [5.74, 6) is 0.159. The highest BCUT2D eigenvalue weighted by Gasteiger charge is 2.28. The van der Waals surface area contributed by atoms with E-state index in [0.29, 0.717) is 0 Å². The topological polar surface area (TPSA) is 58.4 Å². The molecule has 3 N–H and O–H groups in total. The Balaban J connectivity index is 2.03. The van der Waals surface area contributed by atoms with Crippen molar-refractivity contribution in [1.29, 1.82) is 0 Å². The molecular weight excluding hydrogens is 190 g/mol. The Morgan fingerprint density at radius 2 is 2.07 bits per heavy atom. The van der Waals surface area contributed by atoms with Crippen LogP contribution in [0.5, 0.6) is 0 Å². The van der Waals surface area contributed by atoms with Crippen LogP contribution in [-0.4, -0.2) is 30.4 Å². The Morgan fingerprint density at radius 1 is 1.40 bits per heavy atom. The maximum absolute atomic E-state index is 11.6. The molecule has 0 bridgehead atoms. The number of carbonyl (C=O) groups excluding carboxylic acids is 1. The average molecular weight is 205 g/mol. The van der Waals surface area contributed by atoms with Crippen molar-refractivity contribution in [2.75, 3.05) is 24.6 Å². The monoisotopic (exact) mass is 205 g/mol. The highest BCUT2D eigenvalue weighted by atomic mass is 16.2. The summed E-state index contributed by atoms with van der Waals surface area (Å²) in [6.07, 6.45) is 0.861. The smallest absolute Gasteiger partial charge is 0.244 e. The van der Waals surface area contributed by atoms with Crippen molar-refractivity contribution in [3.05, 3.63) is 24.3 Å². The van der Waals surface area contributed by atoms with Crippen molar-refractivity contribution in [3.8, 4) is 0 Å². The van der Waals surface area contributed by atoms with Crippen molar-refractivity contribution in [2.24, 2.45) is 0 Å². The van der Waals surface area contributed by atoms with Crippen LogP contribution in [0.25, 0.3) is 0 Å². The van der Waals surface area contributed by atoms with Crippen LogP contribution >= 0.6 is 0 Å². The molecule has 1 amide bonds. The highest BCUT2D eigenvalue weighted by molar-refractivity contribution is 5.86. The fourth-order valence-corrected chi connectivity index (χ4v) is 1.74. The van der Waals surface area contributed by atoms with Gasteiger partial charge in [-0.3, -0.25) is 4.79 Å². The molecule has 15 heavy (non-hydrogen) atoms. The molecule has 80 valence electrons. The van der Waals surface area contributed by atoms with E-state index in [-0.39, 0.29) is 11.9 Å². The quantitative estimate of drug-likeness (QED) is 0.706. The fourth-order valence-electron chi connectivity index (χ4n) is 1.74. The first kappa shape index (κ1) is 9.83. The third-order valence-corrected chi connectivity index (χ3v) is 2.68. The molecule has 1 atom stereocenters. The van der Waals surface area contributed by atoms with Crippen LogP contribution in [0.1, 0.15) is 6.42 Å². The van der Waals surface area contributed by atoms with Crippen LogP contribution in [0.15, 0.2) is 24.3 Å². The van der Waals surface area contributed by atoms with Gasteiger partial charge in [-0.15, -0.1) is 0 Å². The van der Waals surface area contributed by atoms with Gasteiger partial charge in [-0.2, -0.15) is 0 Å². The predicted octanol–water partition coefficient (Wildman–Crippen LogP) is 0.911. The third-order valence-electron chi connectivity index (χ3n) is 2.68. The molecule has 0 saturated carbocycles. The van der Waals surface area contributed by atoms with Gasteiger partial charge in [-0.05, 0) is 30.7 Å². The summed E-state index contributed by atoms with van der Waals surface area (Å²) in [6, 6.07) is 7.34. The van der Waals surface area contributed by atoms with E-state index in [4.69, 9.17) is 5.73 Å². The minimum absolute atomic E-state index is 0.0846. The molecule has 0 aliphatic carbocycles. The Bertz CT molecular complexity index is 361. The van der Waals surface area contributed by atoms with Gasteiger partial charge in [0.25, 0.3) is 0 Å². The number of hydrogen-bond acceptors (Lipinski definition) is 3. The van der Waals surface area contributed by atoms with Crippen LogP contribution in [-0.2, 0) is 4.79 Å². The number of carbonyl (C=O) groups is 1. The number of amides is 1. The van der Waals surface area contributed by atoms with Crippen LogP contribution in [0.2, 0.25) is 0 Å². The first-order valence-corrected chi connectivity index (χ1v) is 5.04. The molecule has 1 aromatic rings. The SMILES string of the molecule is CN1CCC(Nc2ccc(N)cc2)C1=O. The molecule has 0 radical (unpaired) electrons. The minimum atomic E-state index is -0.0846. The van der Waals surface area contributed by atoms with Gasteiger partial charge in [0.05, 0.1) is 0 Å². The number of nitrogen functional groups attached to an aromatic ring is 1. The van der Waals surface area contributed by atoms with Gasteiger partial charge in [0.1, 0.15) is 6.04 Å². The molecule has 0 spiro atoms. The van der Waals surface area contributed by atoms with Gasteiger partial charge in [0.15, 0.2) is 0 Å². The van der Waals surface area contributed by atoms with Crippen LogP contribution < -0.4 is 11.1 Å². The Kier molecular flexibility index (Phi) is 2.49. The van der Waals surface area contributed by atoms with E-state index >= 15 is 0 Å².